The monoisotopic (exact) mass is 421 g/mol. The molecular weight excluding hydrogens is 406 g/mol. The van der Waals surface area contributed by atoms with Crippen LogP contribution in [0.15, 0.2) is 70.7 Å². The summed E-state index contributed by atoms with van der Waals surface area (Å²) in [6, 6.07) is 18.4. The first-order valence-electron chi connectivity index (χ1n) is 8.91. The van der Waals surface area contributed by atoms with Gasteiger partial charge < -0.3 is 9.73 Å². The molecule has 1 atom stereocenters. The number of hydrogen-bond acceptors (Lipinski definition) is 5. The standard InChI is InChI=1S/C22H16ClN3O4/c1-14(15-5-3-2-4-6-15)25-22(27)17(13-24)11-18-8-10-21(30-18)16-7-9-19(23)20(12-16)26(28)29/h2-12,14H,1H3,(H,25,27)/b17-11+/t14-/m1/s1. The summed E-state index contributed by atoms with van der Waals surface area (Å²) in [5.74, 6) is 0.0759. The summed E-state index contributed by atoms with van der Waals surface area (Å²) in [5.41, 5.74) is 0.995. The van der Waals surface area contributed by atoms with E-state index in [2.05, 4.69) is 5.32 Å². The van der Waals surface area contributed by atoms with Crippen molar-refractivity contribution >= 4 is 29.3 Å². The highest BCUT2D eigenvalue weighted by atomic mass is 35.5. The van der Waals surface area contributed by atoms with Crippen molar-refractivity contribution in [3.63, 3.8) is 0 Å². The largest absolute Gasteiger partial charge is 0.457 e. The summed E-state index contributed by atoms with van der Waals surface area (Å²) in [6.45, 7) is 1.82. The number of nitro benzene ring substituents is 1. The Hall–Kier alpha value is -3.89. The van der Waals surface area contributed by atoms with Crippen LogP contribution in [-0.2, 0) is 4.79 Å². The van der Waals surface area contributed by atoms with E-state index in [1.54, 1.807) is 18.2 Å². The van der Waals surface area contributed by atoms with Crippen molar-refractivity contribution in [2.45, 2.75) is 13.0 Å². The number of rotatable bonds is 6. The normalized spacial score (nSPS) is 12.1. The molecule has 0 unspecified atom stereocenters. The zero-order valence-electron chi connectivity index (χ0n) is 15.8. The molecule has 7 nitrogen and oxygen atoms in total. The summed E-state index contributed by atoms with van der Waals surface area (Å²) in [7, 11) is 0. The Bertz CT molecular complexity index is 1160. The van der Waals surface area contributed by atoms with Crippen LogP contribution >= 0.6 is 11.6 Å². The molecule has 0 fully saturated rings. The van der Waals surface area contributed by atoms with Crippen LogP contribution in [0.1, 0.15) is 24.3 Å². The van der Waals surface area contributed by atoms with Gasteiger partial charge in [-0.25, -0.2) is 0 Å². The lowest BCUT2D eigenvalue weighted by Gasteiger charge is -2.13. The minimum atomic E-state index is -0.582. The molecule has 0 aliphatic rings. The predicted molar refractivity (Wildman–Crippen MR) is 112 cm³/mol. The van der Waals surface area contributed by atoms with E-state index in [-0.39, 0.29) is 28.1 Å². The van der Waals surface area contributed by atoms with Crippen LogP contribution in [0.3, 0.4) is 0 Å². The van der Waals surface area contributed by atoms with Crippen molar-refractivity contribution in [2.75, 3.05) is 0 Å². The predicted octanol–water partition coefficient (Wildman–Crippen LogP) is 5.29. The summed E-state index contributed by atoms with van der Waals surface area (Å²) < 4.78 is 5.64. The van der Waals surface area contributed by atoms with E-state index >= 15 is 0 Å². The third kappa shape index (κ3) is 4.74. The van der Waals surface area contributed by atoms with Gasteiger partial charge in [0, 0.05) is 17.7 Å². The van der Waals surface area contributed by atoms with Crippen LogP contribution in [0.5, 0.6) is 0 Å². The summed E-state index contributed by atoms with van der Waals surface area (Å²) >= 11 is 5.83. The summed E-state index contributed by atoms with van der Waals surface area (Å²) in [6.07, 6.45) is 1.32. The van der Waals surface area contributed by atoms with Crippen LogP contribution in [-0.4, -0.2) is 10.8 Å². The van der Waals surface area contributed by atoms with Crippen molar-refractivity contribution in [3.8, 4) is 17.4 Å². The van der Waals surface area contributed by atoms with Crippen LogP contribution in [0.25, 0.3) is 17.4 Å². The highest BCUT2D eigenvalue weighted by Gasteiger charge is 2.17. The van der Waals surface area contributed by atoms with Gasteiger partial charge in [-0.15, -0.1) is 0 Å². The molecule has 0 radical (unpaired) electrons. The molecule has 0 saturated heterocycles. The van der Waals surface area contributed by atoms with Gasteiger partial charge in [0.25, 0.3) is 11.6 Å². The van der Waals surface area contributed by atoms with Gasteiger partial charge in [-0.3, -0.25) is 14.9 Å². The highest BCUT2D eigenvalue weighted by Crippen LogP contribution is 2.31. The molecule has 0 saturated carbocycles. The fourth-order valence-electron chi connectivity index (χ4n) is 2.78. The molecular formula is C22H16ClN3O4. The number of carbonyl (C=O) groups excluding carboxylic acids is 1. The number of nitro groups is 1. The molecule has 0 aliphatic heterocycles. The Morgan fingerprint density at radius 2 is 1.97 bits per heavy atom. The third-order valence-electron chi connectivity index (χ3n) is 4.35. The van der Waals surface area contributed by atoms with Gasteiger partial charge in [0.1, 0.15) is 28.2 Å². The van der Waals surface area contributed by atoms with Crippen LogP contribution < -0.4 is 5.32 Å². The van der Waals surface area contributed by atoms with Gasteiger partial charge in [-0.1, -0.05) is 41.9 Å². The molecule has 30 heavy (non-hydrogen) atoms. The smallest absolute Gasteiger partial charge is 0.288 e. The number of hydrogen-bond donors (Lipinski definition) is 1. The molecule has 1 heterocycles. The third-order valence-corrected chi connectivity index (χ3v) is 4.67. The van der Waals surface area contributed by atoms with E-state index in [0.29, 0.717) is 11.3 Å². The summed E-state index contributed by atoms with van der Waals surface area (Å²) in [4.78, 5) is 22.9. The second-order valence-corrected chi connectivity index (χ2v) is 6.81. The van der Waals surface area contributed by atoms with E-state index in [0.717, 1.165) is 5.56 Å². The Morgan fingerprint density at radius 1 is 1.23 bits per heavy atom. The molecule has 8 heteroatoms. The zero-order chi connectivity index (χ0) is 21.7. The number of benzene rings is 2. The molecule has 1 N–H and O–H groups in total. The number of amides is 1. The fourth-order valence-corrected chi connectivity index (χ4v) is 2.97. The van der Waals surface area contributed by atoms with E-state index in [4.69, 9.17) is 16.0 Å². The van der Waals surface area contributed by atoms with E-state index in [1.807, 2.05) is 43.3 Å². The molecule has 0 spiro atoms. The highest BCUT2D eigenvalue weighted by molar-refractivity contribution is 6.32. The van der Waals surface area contributed by atoms with Crippen LogP contribution in [0.2, 0.25) is 5.02 Å². The van der Waals surface area contributed by atoms with Gasteiger partial charge in [-0.2, -0.15) is 5.26 Å². The lowest BCUT2D eigenvalue weighted by molar-refractivity contribution is -0.384. The van der Waals surface area contributed by atoms with Gasteiger partial charge in [0.15, 0.2) is 0 Å². The first-order chi connectivity index (χ1) is 14.4. The van der Waals surface area contributed by atoms with Crippen molar-refractivity contribution in [3.05, 3.63) is 92.7 Å². The number of carbonyl (C=O) groups is 1. The van der Waals surface area contributed by atoms with Gasteiger partial charge in [-0.05, 0) is 36.8 Å². The number of nitrogens with zero attached hydrogens (tertiary/aromatic N) is 2. The molecule has 0 bridgehead atoms. The minimum Gasteiger partial charge on any atom is -0.457 e. The maximum atomic E-state index is 12.5. The number of furan rings is 1. The molecule has 0 aliphatic carbocycles. The maximum Gasteiger partial charge on any atom is 0.288 e. The first-order valence-corrected chi connectivity index (χ1v) is 9.28. The van der Waals surface area contributed by atoms with Crippen LogP contribution in [0, 0.1) is 21.4 Å². The van der Waals surface area contributed by atoms with Crippen molar-refractivity contribution in [1.29, 1.82) is 5.26 Å². The average molecular weight is 422 g/mol. The fraction of sp³-hybridized carbons (Fsp3) is 0.0909. The Balaban J connectivity index is 1.80. The summed E-state index contributed by atoms with van der Waals surface area (Å²) in [5, 5.41) is 23.2. The van der Waals surface area contributed by atoms with Crippen LogP contribution in [0.4, 0.5) is 5.69 Å². The Morgan fingerprint density at radius 3 is 2.63 bits per heavy atom. The second-order valence-electron chi connectivity index (χ2n) is 6.40. The maximum absolute atomic E-state index is 12.5. The quantitative estimate of drug-likeness (QED) is 0.251. The molecule has 150 valence electrons. The Kier molecular flexibility index (Phi) is 6.30. The molecule has 3 rings (SSSR count). The lowest BCUT2D eigenvalue weighted by Crippen LogP contribution is -2.27. The second kappa shape index (κ2) is 9.07. The minimum absolute atomic E-state index is 0.0198. The van der Waals surface area contributed by atoms with E-state index in [9.17, 15) is 20.2 Å². The van der Waals surface area contributed by atoms with Crippen molar-refractivity contribution in [1.82, 2.24) is 5.32 Å². The van der Waals surface area contributed by atoms with Gasteiger partial charge in [0.2, 0.25) is 0 Å². The van der Waals surface area contributed by atoms with Gasteiger partial charge in [0.05, 0.1) is 11.0 Å². The molecule has 1 amide bonds. The average Bonchev–Trinajstić information content (AvgIpc) is 3.21. The molecule has 3 aromatic rings. The van der Waals surface area contributed by atoms with Crippen molar-refractivity contribution in [2.24, 2.45) is 0 Å². The van der Waals surface area contributed by atoms with E-state index in [1.165, 1.54) is 18.2 Å². The van der Waals surface area contributed by atoms with Crippen molar-refractivity contribution < 1.29 is 14.1 Å². The topological polar surface area (TPSA) is 109 Å². The molecule has 2 aromatic carbocycles. The number of nitriles is 1. The number of halogens is 1. The SMILES string of the molecule is C[C@@H](NC(=O)/C(C#N)=C/c1ccc(-c2ccc(Cl)c([N+](=O)[O-])c2)o1)c1ccccc1. The Labute approximate surface area is 177 Å². The van der Waals surface area contributed by atoms with Gasteiger partial charge >= 0.3 is 0 Å². The number of nitrogens with one attached hydrogen (secondary N) is 1. The van der Waals surface area contributed by atoms with E-state index < -0.39 is 10.8 Å². The lowest BCUT2D eigenvalue weighted by atomic mass is 10.1. The zero-order valence-corrected chi connectivity index (χ0v) is 16.6. The first kappa shape index (κ1) is 20.8. The molecule has 1 aromatic heterocycles.